The highest BCUT2D eigenvalue weighted by Crippen LogP contribution is 2.31. The smallest absolute Gasteiger partial charge is 0.253 e. The van der Waals surface area contributed by atoms with Crippen LogP contribution in [0.25, 0.3) is 20.9 Å². The van der Waals surface area contributed by atoms with Crippen LogP contribution < -0.4 is 14.8 Å². The van der Waals surface area contributed by atoms with Gasteiger partial charge >= 0.3 is 0 Å². The summed E-state index contributed by atoms with van der Waals surface area (Å²) in [5, 5.41) is 3.72. The van der Waals surface area contributed by atoms with Gasteiger partial charge in [-0.1, -0.05) is 18.2 Å². The average molecular weight is 420 g/mol. The van der Waals surface area contributed by atoms with Gasteiger partial charge in [0.15, 0.2) is 11.5 Å². The van der Waals surface area contributed by atoms with Gasteiger partial charge in [0.25, 0.3) is 5.91 Å². The topological polar surface area (TPSA) is 73.3 Å². The van der Waals surface area contributed by atoms with Gasteiger partial charge in [-0.3, -0.25) is 9.78 Å². The lowest BCUT2D eigenvalue weighted by molar-refractivity contribution is 0.0954. The number of carbonyl (C=O) groups excluding carboxylic acids is 1. The summed E-state index contributed by atoms with van der Waals surface area (Å²) in [6, 6.07) is 17.2. The molecular formula is C23H21N3O3S. The summed E-state index contributed by atoms with van der Waals surface area (Å²) in [5.41, 5.74) is 3.07. The number of carbonyl (C=O) groups is 1. The molecule has 2 heterocycles. The van der Waals surface area contributed by atoms with Crippen LogP contribution in [0.15, 0.2) is 60.8 Å². The van der Waals surface area contributed by atoms with Gasteiger partial charge in [-0.2, -0.15) is 0 Å². The van der Waals surface area contributed by atoms with Crippen LogP contribution in [0, 0.1) is 0 Å². The van der Waals surface area contributed by atoms with Crippen molar-refractivity contribution in [3.05, 3.63) is 71.9 Å². The minimum Gasteiger partial charge on any atom is -0.493 e. The fraction of sp³-hybridized carbons (Fsp3) is 0.174. The summed E-state index contributed by atoms with van der Waals surface area (Å²) in [7, 11) is 3.21. The third-order valence-electron chi connectivity index (χ3n) is 4.70. The first-order valence-corrected chi connectivity index (χ1v) is 10.3. The number of hydrogen-bond acceptors (Lipinski definition) is 6. The highest BCUT2D eigenvalue weighted by Gasteiger charge is 2.17. The molecule has 0 radical (unpaired) electrons. The molecule has 4 rings (SSSR count). The highest BCUT2D eigenvalue weighted by atomic mass is 32.1. The van der Waals surface area contributed by atoms with E-state index in [2.05, 4.69) is 15.3 Å². The van der Waals surface area contributed by atoms with E-state index < -0.39 is 0 Å². The van der Waals surface area contributed by atoms with Crippen molar-refractivity contribution in [2.24, 2.45) is 0 Å². The lowest BCUT2D eigenvalue weighted by atomic mass is 10.1. The SMILES string of the molecule is COc1ccc(CCNC(=O)c2cccnc2-c2nc3ccccc3s2)cc1OC. The summed E-state index contributed by atoms with van der Waals surface area (Å²) >= 11 is 1.53. The number of amides is 1. The molecule has 0 atom stereocenters. The molecule has 0 aliphatic carbocycles. The fourth-order valence-electron chi connectivity index (χ4n) is 3.18. The first kappa shape index (κ1) is 19.8. The van der Waals surface area contributed by atoms with E-state index in [1.165, 1.54) is 11.3 Å². The minimum atomic E-state index is -0.169. The van der Waals surface area contributed by atoms with E-state index in [1.54, 1.807) is 32.5 Å². The normalized spacial score (nSPS) is 10.7. The third-order valence-corrected chi connectivity index (χ3v) is 5.74. The Bertz CT molecular complexity index is 1160. The zero-order chi connectivity index (χ0) is 20.9. The molecule has 7 heteroatoms. The molecule has 30 heavy (non-hydrogen) atoms. The molecule has 6 nitrogen and oxygen atoms in total. The molecule has 1 amide bonds. The molecule has 0 saturated carbocycles. The van der Waals surface area contributed by atoms with E-state index in [4.69, 9.17) is 9.47 Å². The van der Waals surface area contributed by atoms with Crippen molar-refractivity contribution in [1.82, 2.24) is 15.3 Å². The first-order chi connectivity index (χ1) is 14.7. The van der Waals surface area contributed by atoms with Crippen molar-refractivity contribution in [2.45, 2.75) is 6.42 Å². The number of nitrogens with zero attached hydrogens (tertiary/aromatic N) is 2. The number of pyridine rings is 1. The monoisotopic (exact) mass is 419 g/mol. The minimum absolute atomic E-state index is 0.169. The van der Waals surface area contributed by atoms with Crippen LogP contribution in [0.1, 0.15) is 15.9 Å². The maximum Gasteiger partial charge on any atom is 0.253 e. The number of thiazole rings is 1. The number of fused-ring (bicyclic) bond motifs is 1. The van der Waals surface area contributed by atoms with Gasteiger partial charge in [0.2, 0.25) is 0 Å². The number of benzene rings is 2. The lowest BCUT2D eigenvalue weighted by Gasteiger charge is -2.11. The Morgan fingerprint density at radius 3 is 2.67 bits per heavy atom. The summed E-state index contributed by atoms with van der Waals surface area (Å²) in [4.78, 5) is 21.9. The van der Waals surface area contributed by atoms with Crippen LogP contribution in [-0.2, 0) is 6.42 Å². The molecule has 2 aromatic carbocycles. The number of ether oxygens (including phenoxy) is 2. The average Bonchev–Trinajstić information content (AvgIpc) is 3.23. The molecule has 0 saturated heterocycles. The number of methoxy groups -OCH3 is 2. The second-order valence-corrected chi connectivity index (χ2v) is 7.61. The first-order valence-electron chi connectivity index (χ1n) is 9.49. The molecule has 1 N–H and O–H groups in total. The quantitative estimate of drug-likeness (QED) is 0.482. The zero-order valence-electron chi connectivity index (χ0n) is 16.7. The Morgan fingerprint density at radius 1 is 1.03 bits per heavy atom. The van der Waals surface area contributed by atoms with Crippen molar-refractivity contribution >= 4 is 27.5 Å². The van der Waals surface area contributed by atoms with Gasteiger partial charge in [0.1, 0.15) is 10.7 Å². The van der Waals surface area contributed by atoms with E-state index in [-0.39, 0.29) is 5.91 Å². The molecule has 0 aliphatic rings. The lowest BCUT2D eigenvalue weighted by Crippen LogP contribution is -2.26. The molecular weight excluding hydrogens is 398 g/mol. The fourth-order valence-corrected chi connectivity index (χ4v) is 4.16. The maximum atomic E-state index is 12.8. The summed E-state index contributed by atoms with van der Waals surface area (Å²) in [6.07, 6.45) is 2.35. The number of nitrogens with one attached hydrogen (secondary N) is 1. The van der Waals surface area contributed by atoms with Crippen LogP contribution >= 0.6 is 11.3 Å². The van der Waals surface area contributed by atoms with Crippen LogP contribution in [0.3, 0.4) is 0 Å². The predicted octanol–water partition coefficient (Wildman–Crippen LogP) is 4.35. The summed E-state index contributed by atoms with van der Waals surface area (Å²) < 4.78 is 11.7. The van der Waals surface area contributed by atoms with Crippen molar-refractivity contribution in [2.75, 3.05) is 20.8 Å². The van der Waals surface area contributed by atoms with Crippen molar-refractivity contribution in [3.63, 3.8) is 0 Å². The van der Waals surface area contributed by atoms with Crippen molar-refractivity contribution < 1.29 is 14.3 Å². The van der Waals surface area contributed by atoms with Crippen molar-refractivity contribution in [1.29, 1.82) is 0 Å². The van der Waals surface area contributed by atoms with Gasteiger partial charge in [-0.05, 0) is 48.4 Å². The second kappa shape index (κ2) is 8.92. The Labute approximate surface area is 178 Å². The molecule has 152 valence electrons. The Hall–Kier alpha value is -3.45. The van der Waals surface area contributed by atoms with Crippen LogP contribution in [-0.4, -0.2) is 36.6 Å². The Balaban J connectivity index is 1.48. The Kier molecular flexibility index (Phi) is 5.90. The molecule has 4 aromatic rings. The Morgan fingerprint density at radius 2 is 1.87 bits per heavy atom. The molecule has 0 bridgehead atoms. The standard InChI is InChI=1S/C23H21N3O3S/c1-28-18-10-9-15(14-19(18)29-2)11-13-25-22(27)16-6-5-12-24-21(16)23-26-17-7-3-4-8-20(17)30-23/h3-10,12,14H,11,13H2,1-2H3,(H,25,27). The van der Waals surface area contributed by atoms with E-state index in [0.29, 0.717) is 35.7 Å². The molecule has 2 aromatic heterocycles. The molecule has 0 aliphatic heterocycles. The largest absolute Gasteiger partial charge is 0.493 e. The maximum absolute atomic E-state index is 12.8. The van der Waals surface area contributed by atoms with Crippen molar-refractivity contribution in [3.8, 4) is 22.2 Å². The number of hydrogen-bond donors (Lipinski definition) is 1. The summed E-state index contributed by atoms with van der Waals surface area (Å²) in [6.45, 7) is 0.489. The van der Waals surface area contributed by atoms with Crippen LogP contribution in [0.2, 0.25) is 0 Å². The van der Waals surface area contributed by atoms with Gasteiger partial charge in [-0.15, -0.1) is 11.3 Å². The molecule has 0 spiro atoms. The highest BCUT2D eigenvalue weighted by molar-refractivity contribution is 7.21. The van der Waals surface area contributed by atoms with E-state index in [9.17, 15) is 4.79 Å². The number of para-hydroxylation sites is 1. The second-order valence-electron chi connectivity index (χ2n) is 6.58. The van der Waals surface area contributed by atoms with Gasteiger partial charge in [-0.25, -0.2) is 4.98 Å². The van der Waals surface area contributed by atoms with Crippen LogP contribution in [0.5, 0.6) is 11.5 Å². The van der Waals surface area contributed by atoms with Crippen LogP contribution in [0.4, 0.5) is 0 Å². The number of aromatic nitrogens is 2. The zero-order valence-corrected chi connectivity index (χ0v) is 17.5. The van der Waals surface area contributed by atoms with Gasteiger partial charge in [0, 0.05) is 12.7 Å². The van der Waals surface area contributed by atoms with E-state index in [0.717, 1.165) is 20.8 Å². The van der Waals surface area contributed by atoms with Gasteiger partial charge < -0.3 is 14.8 Å². The van der Waals surface area contributed by atoms with Gasteiger partial charge in [0.05, 0.1) is 30.0 Å². The van der Waals surface area contributed by atoms with E-state index >= 15 is 0 Å². The number of rotatable bonds is 7. The third kappa shape index (κ3) is 4.11. The van der Waals surface area contributed by atoms with E-state index in [1.807, 2.05) is 42.5 Å². The summed E-state index contributed by atoms with van der Waals surface area (Å²) in [5.74, 6) is 1.19. The predicted molar refractivity (Wildman–Crippen MR) is 118 cm³/mol. The molecule has 0 unspecified atom stereocenters. The molecule has 0 fully saturated rings.